The highest BCUT2D eigenvalue weighted by Gasteiger charge is 2.22. The fourth-order valence-corrected chi connectivity index (χ4v) is 3.47. The van der Waals surface area contributed by atoms with Crippen LogP contribution in [0.5, 0.6) is 0 Å². The van der Waals surface area contributed by atoms with Gasteiger partial charge in [0.25, 0.3) is 0 Å². The zero-order valence-electron chi connectivity index (χ0n) is 11.6. The van der Waals surface area contributed by atoms with E-state index in [4.69, 9.17) is 5.73 Å². The maximum atomic E-state index is 5.92. The summed E-state index contributed by atoms with van der Waals surface area (Å²) < 4.78 is 3.30. The SMILES string of the molecule is Cc1nnc(-c2cc(N)ccc2Br)n1C1CCCCC1. The van der Waals surface area contributed by atoms with Gasteiger partial charge in [0.15, 0.2) is 5.82 Å². The predicted molar refractivity (Wildman–Crippen MR) is 84.4 cm³/mol. The van der Waals surface area contributed by atoms with Gasteiger partial charge >= 0.3 is 0 Å². The maximum absolute atomic E-state index is 5.92. The van der Waals surface area contributed by atoms with Crippen molar-refractivity contribution in [2.75, 3.05) is 5.73 Å². The van der Waals surface area contributed by atoms with Crippen LogP contribution in [0.4, 0.5) is 5.69 Å². The third kappa shape index (κ3) is 2.46. The lowest BCUT2D eigenvalue weighted by atomic mass is 9.95. The van der Waals surface area contributed by atoms with Gasteiger partial charge in [-0.25, -0.2) is 0 Å². The second-order valence-electron chi connectivity index (χ2n) is 5.47. The monoisotopic (exact) mass is 334 g/mol. The Morgan fingerprint density at radius 3 is 2.70 bits per heavy atom. The summed E-state index contributed by atoms with van der Waals surface area (Å²) in [5.74, 6) is 1.91. The number of aromatic nitrogens is 3. The van der Waals surface area contributed by atoms with Gasteiger partial charge in [-0.2, -0.15) is 0 Å². The van der Waals surface area contributed by atoms with Gasteiger partial charge in [-0.05, 0) is 38.0 Å². The molecule has 1 aliphatic rings. The normalized spacial score (nSPS) is 16.5. The molecule has 2 aromatic rings. The van der Waals surface area contributed by atoms with Gasteiger partial charge in [-0.1, -0.05) is 35.2 Å². The van der Waals surface area contributed by atoms with Crippen LogP contribution in [0.3, 0.4) is 0 Å². The fraction of sp³-hybridized carbons (Fsp3) is 0.467. The molecule has 1 fully saturated rings. The third-order valence-corrected chi connectivity index (χ3v) is 4.73. The first kappa shape index (κ1) is 13.6. The molecule has 1 aromatic carbocycles. The number of benzene rings is 1. The van der Waals surface area contributed by atoms with Crippen LogP contribution in [0.1, 0.15) is 44.0 Å². The second-order valence-corrected chi connectivity index (χ2v) is 6.33. The molecule has 0 bridgehead atoms. The van der Waals surface area contributed by atoms with Crippen molar-refractivity contribution in [2.45, 2.75) is 45.1 Å². The Morgan fingerprint density at radius 1 is 1.20 bits per heavy atom. The van der Waals surface area contributed by atoms with Crippen molar-refractivity contribution >= 4 is 21.6 Å². The minimum atomic E-state index is 0.516. The lowest BCUT2D eigenvalue weighted by Crippen LogP contribution is -2.15. The van der Waals surface area contributed by atoms with Gasteiger partial charge in [0.1, 0.15) is 5.82 Å². The van der Waals surface area contributed by atoms with Gasteiger partial charge in [0.05, 0.1) is 0 Å². The summed E-state index contributed by atoms with van der Waals surface area (Å²) in [7, 11) is 0. The zero-order chi connectivity index (χ0) is 14.1. The molecule has 106 valence electrons. The number of anilines is 1. The van der Waals surface area contributed by atoms with E-state index >= 15 is 0 Å². The van der Waals surface area contributed by atoms with Crippen molar-refractivity contribution < 1.29 is 0 Å². The van der Waals surface area contributed by atoms with E-state index in [-0.39, 0.29) is 0 Å². The maximum Gasteiger partial charge on any atom is 0.165 e. The summed E-state index contributed by atoms with van der Waals surface area (Å²) in [5.41, 5.74) is 7.70. The van der Waals surface area contributed by atoms with E-state index < -0.39 is 0 Å². The summed E-state index contributed by atoms with van der Waals surface area (Å²) >= 11 is 3.60. The average Bonchev–Trinajstić information content (AvgIpc) is 2.84. The molecule has 5 heteroatoms. The van der Waals surface area contributed by atoms with Crippen LogP contribution >= 0.6 is 15.9 Å². The van der Waals surface area contributed by atoms with Crippen LogP contribution in [0.25, 0.3) is 11.4 Å². The van der Waals surface area contributed by atoms with Crippen LogP contribution in [0, 0.1) is 6.92 Å². The van der Waals surface area contributed by atoms with E-state index in [0.717, 1.165) is 27.4 Å². The molecule has 0 saturated heterocycles. The van der Waals surface area contributed by atoms with Gasteiger partial charge in [-0.15, -0.1) is 10.2 Å². The second kappa shape index (κ2) is 5.56. The number of halogens is 1. The molecule has 2 N–H and O–H groups in total. The van der Waals surface area contributed by atoms with E-state index in [2.05, 4.69) is 30.7 Å². The molecule has 1 saturated carbocycles. The molecule has 3 rings (SSSR count). The van der Waals surface area contributed by atoms with Gasteiger partial charge in [0, 0.05) is 21.8 Å². The zero-order valence-corrected chi connectivity index (χ0v) is 13.2. The molecule has 0 unspecified atom stereocenters. The molecule has 1 aliphatic carbocycles. The van der Waals surface area contributed by atoms with Crippen molar-refractivity contribution in [3.8, 4) is 11.4 Å². The average molecular weight is 335 g/mol. The Morgan fingerprint density at radius 2 is 1.95 bits per heavy atom. The minimum Gasteiger partial charge on any atom is -0.399 e. The molecule has 0 amide bonds. The third-order valence-electron chi connectivity index (χ3n) is 4.04. The van der Waals surface area contributed by atoms with Crippen molar-refractivity contribution in [3.05, 3.63) is 28.5 Å². The van der Waals surface area contributed by atoms with E-state index in [1.165, 1.54) is 32.1 Å². The number of nitrogens with two attached hydrogens (primary N) is 1. The molecule has 20 heavy (non-hydrogen) atoms. The summed E-state index contributed by atoms with van der Waals surface area (Å²) in [6.45, 7) is 2.03. The van der Waals surface area contributed by atoms with Crippen molar-refractivity contribution in [2.24, 2.45) is 0 Å². The molecule has 4 nitrogen and oxygen atoms in total. The topological polar surface area (TPSA) is 56.7 Å². The van der Waals surface area contributed by atoms with Crippen molar-refractivity contribution in [1.82, 2.24) is 14.8 Å². The number of nitrogen functional groups attached to an aromatic ring is 1. The molecular formula is C15H19BrN4. The van der Waals surface area contributed by atoms with Crippen LogP contribution in [-0.4, -0.2) is 14.8 Å². The van der Waals surface area contributed by atoms with Gasteiger partial charge in [0.2, 0.25) is 0 Å². The molecular weight excluding hydrogens is 316 g/mol. The quantitative estimate of drug-likeness (QED) is 0.841. The standard InChI is InChI=1S/C15H19BrN4/c1-10-18-19-15(13-9-11(17)7-8-14(13)16)20(10)12-5-3-2-4-6-12/h7-9,12H,2-6,17H2,1H3. The Bertz CT molecular complexity index is 614. The van der Waals surface area contributed by atoms with E-state index in [1.54, 1.807) is 0 Å². The first-order chi connectivity index (χ1) is 9.66. The highest BCUT2D eigenvalue weighted by molar-refractivity contribution is 9.10. The highest BCUT2D eigenvalue weighted by atomic mass is 79.9. The van der Waals surface area contributed by atoms with Crippen LogP contribution < -0.4 is 5.73 Å². The fourth-order valence-electron chi connectivity index (χ4n) is 3.04. The molecule has 0 spiro atoms. The predicted octanol–water partition coefficient (Wildman–Crippen LogP) is 4.10. The largest absolute Gasteiger partial charge is 0.399 e. The first-order valence-electron chi connectivity index (χ1n) is 7.13. The van der Waals surface area contributed by atoms with Crippen molar-refractivity contribution in [1.29, 1.82) is 0 Å². The van der Waals surface area contributed by atoms with Crippen LogP contribution in [0.15, 0.2) is 22.7 Å². The molecule has 1 aromatic heterocycles. The molecule has 1 heterocycles. The summed E-state index contributed by atoms with van der Waals surface area (Å²) in [5, 5.41) is 8.68. The number of nitrogens with zero attached hydrogens (tertiary/aromatic N) is 3. The molecule has 0 radical (unpaired) electrons. The number of aryl methyl sites for hydroxylation is 1. The minimum absolute atomic E-state index is 0.516. The van der Waals surface area contributed by atoms with E-state index in [1.807, 2.05) is 25.1 Å². The lowest BCUT2D eigenvalue weighted by molar-refractivity contribution is 0.350. The molecule has 0 aliphatic heterocycles. The Kier molecular flexibility index (Phi) is 3.78. The highest BCUT2D eigenvalue weighted by Crippen LogP contribution is 2.35. The summed E-state index contributed by atoms with van der Waals surface area (Å²) in [6.07, 6.45) is 6.35. The Balaban J connectivity index is 2.08. The number of hydrogen-bond acceptors (Lipinski definition) is 3. The van der Waals surface area contributed by atoms with Crippen molar-refractivity contribution in [3.63, 3.8) is 0 Å². The van der Waals surface area contributed by atoms with Gasteiger partial charge < -0.3 is 10.3 Å². The lowest BCUT2D eigenvalue weighted by Gasteiger charge is -2.25. The van der Waals surface area contributed by atoms with E-state index in [0.29, 0.717) is 6.04 Å². The van der Waals surface area contributed by atoms with Crippen LogP contribution in [0.2, 0.25) is 0 Å². The smallest absolute Gasteiger partial charge is 0.165 e. The first-order valence-corrected chi connectivity index (χ1v) is 7.93. The summed E-state index contributed by atoms with van der Waals surface area (Å²) in [4.78, 5) is 0. The number of rotatable bonds is 2. The molecule has 0 atom stereocenters. The Hall–Kier alpha value is -1.36. The van der Waals surface area contributed by atoms with Crippen LogP contribution in [-0.2, 0) is 0 Å². The Labute approximate surface area is 127 Å². The van der Waals surface area contributed by atoms with E-state index in [9.17, 15) is 0 Å². The summed E-state index contributed by atoms with van der Waals surface area (Å²) in [6, 6.07) is 6.34. The number of hydrogen-bond donors (Lipinski definition) is 1. The van der Waals surface area contributed by atoms with Gasteiger partial charge in [-0.3, -0.25) is 0 Å².